The van der Waals surface area contributed by atoms with Crippen molar-refractivity contribution in [3.05, 3.63) is 83.0 Å². The Hall–Kier alpha value is -4.31. The number of carbonyl (C=O) groups is 3. The molecule has 0 aliphatic heterocycles. The summed E-state index contributed by atoms with van der Waals surface area (Å²) in [6.07, 6.45) is 0.879. The maximum Gasteiger partial charge on any atom is 0.328 e. The second-order valence-electron chi connectivity index (χ2n) is 8.25. The number of anilines is 2. The predicted octanol–water partition coefficient (Wildman–Crippen LogP) is 5.55. The highest BCUT2D eigenvalue weighted by Gasteiger charge is 2.21. The molecule has 0 saturated heterocycles. The number of benzene rings is 3. The summed E-state index contributed by atoms with van der Waals surface area (Å²) in [4.78, 5) is 38.7. The van der Waals surface area contributed by atoms with Crippen molar-refractivity contribution in [2.45, 2.75) is 20.3 Å². The minimum atomic E-state index is -0.938. The van der Waals surface area contributed by atoms with Gasteiger partial charge in [0.15, 0.2) is 0 Å². The molecule has 0 unspecified atom stereocenters. The van der Waals surface area contributed by atoms with Gasteiger partial charge >= 0.3 is 11.8 Å². The van der Waals surface area contributed by atoms with Gasteiger partial charge in [-0.25, -0.2) is 4.68 Å². The molecule has 0 aliphatic rings. The summed E-state index contributed by atoms with van der Waals surface area (Å²) in [6.45, 7) is 5.02. The van der Waals surface area contributed by atoms with E-state index in [9.17, 15) is 14.4 Å². The molecule has 1 heterocycles. The fourth-order valence-corrected chi connectivity index (χ4v) is 4.04. The van der Waals surface area contributed by atoms with Crippen molar-refractivity contribution in [1.29, 1.82) is 0 Å². The quantitative estimate of drug-likeness (QED) is 0.225. The van der Waals surface area contributed by atoms with Crippen LogP contribution in [-0.4, -0.2) is 35.6 Å². The monoisotopic (exact) mass is 578 g/mol. The average molecular weight is 579 g/mol. The maximum atomic E-state index is 13.2. The van der Waals surface area contributed by atoms with E-state index in [0.717, 1.165) is 10.9 Å². The number of rotatable bonds is 9. The third-order valence-corrected chi connectivity index (χ3v) is 5.92. The molecule has 0 saturated carbocycles. The number of nitrogens with zero attached hydrogens (tertiary/aromatic N) is 1. The highest BCUT2D eigenvalue weighted by Crippen LogP contribution is 2.24. The van der Waals surface area contributed by atoms with Gasteiger partial charge in [0.25, 0.3) is 5.91 Å². The summed E-state index contributed by atoms with van der Waals surface area (Å²) in [5.74, 6) is -0.936. The molecule has 0 bridgehead atoms. The van der Waals surface area contributed by atoms with Crippen molar-refractivity contribution in [2.75, 3.05) is 29.3 Å². The molecule has 9 nitrogen and oxygen atoms in total. The molecule has 3 N–H and O–H groups in total. The zero-order valence-electron chi connectivity index (χ0n) is 20.9. The first-order valence-corrected chi connectivity index (χ1v) is 12.9. The number of hydrogen-bond acceptors (Lipinski definition) is 5. The van der Waals surface area contributed by atoms with Gasteiger partial charge in [0.2, 0.25) is 0 Å². The van der Waals surface area contributed by atoms with E-state index in [-0.39, 0.29) is 5.69 Å². The lowest BCUT2D eigenvalue weighted by molar-refractivity contribution is -0.133. The molecular weight excluding hydrogens is 552 g/mol. The second-order valence-corrected chi connectivity index (χ2v) is 9.16. The Labute approximate surface area is 228 Å². The van der Waals surface area contributed by atoms with Gasteiger partial charge in [0.05, 0.1) is 18.7 Å². The summed E-state index contributed by atoms with van der Waals surface area (Å²) in [6, 6.07) is 20.6. The molecule has 4 aromatic rings. The number of ether oxygens (including phenoxy) is 2. The molecule has 0 aliphatic carbocycles. The van der Waals surface area contributed by atoms with E-state index in [2.05, 4.69) is 32.0 Å². The highest BCUT2D eigenvalue weighted by atomic mass is 79.9. The van der Waals surface area contributed by atoms with Crippen molar-refractivity contribution in [3.63, 3.8) is 0 Å². The number of carbonyl (C=O) groups excluding carboxylic acids is 3. The minimum absolute atomic E-state index is 0.144. The van der Waals surface area contributed by atoms with Crippen LogP contribution in [0.3, 0.4) is 0 Å². The molecule has 10 heteroatoms. The maximum absolute atomic E-state index is 13.2. The molecule has 38 heavy (non-hydrogen) atoms. The van der Waals surface area contributed by atoms with Crippen molar-refractivity contribution < 1.29 is 23.9 Å². The summed E-state index contributed by atoms with van der Waals surface area (Å²) < 4.78 is 13.1. The van der Waals surface area contributed by atoms with Crippen LogP contribution >= 0.6 is 15.9 Å². The SMILES string of the molecule is CCCOc1ccc(NC(=O)C(=O)Nn2c(C(=O)Nc3ccc(OCC)cc3)cc3cc(Br)ccc32)cc1. The van der Waals surface area contributed by atoms with Gasteiger partial charge in [-0.3, -0.25) is 19.8 Å². The minimum Gasteiger partial charge on any atom is -0.494 e. The van der Waals surface area contributed by atoms with Gasteiger partial charge in [0.1, 0.15) is 17.2 Å². The van der Waals surface area contributed by atoms with Crippen LogP contribution in [0.25, 0.3) is 10.9 Å². The van der Waals surface area contributed by atoms with Crippen LogP contribution in [0.2, 0.25) is 0 Å². The van der Waals surface area contributed by atoms with E-state index in [0.29, 0.717) is 47.0 Å². The molecule has 1 aromatic heterocycles. The van der Waals surface area contributed by atoms with E-state index in [1.807, 2.05) is 19.9 Å². The molecule has 0 atom stereocenters. The number of aromatic nitrogens is 1. The number of fused-ring (bicyclic) bond motifs is 1. The smallest absolute Gasteiger partial charge is 0.328 e. The Kier molecular flexibility index (Phi) is 8.65. The van der Waals surface area contributed by atoms with E-state index in [1.165, 1.54) is 4.68 Å². The van der Waals surface area contributed by atoms with Gasteiger partial charge in [-0.1, -0.05) is 22.9 Å². The number of hydrogen-bond donors (Lipinski definition) is 3. The first-order chi connectivity index (χ1) is 18.4. The lowest BCUT2D eigenvalue weighted by Gasteiger charge is -2.13. The zero-order valence-corrected chi connectivity index (χ0v) is 22.5. The lowest BCUT2D eigenvalue weighted by Crippen LogP contribution is -2.36. The van der Waals surface area contributed by atoms with Crippen LogP contribution in [0.5, 0.6) is 11.5 Å². The summed E-state index contributed by atoms with van der Waals surface area (Å²) >= 11 is 3.42. The molecule has 3 amide bonds. The van der Waals surface area contributed by atoms with Gasteiger partial charge in [-0.15, -0.1) is 0 Å². The topological polar surface area (TPSA) is 111 Å². The fraction of sp³-hybridized carbons (Fsp3) is 0.179. The fourth-order valence-electron chi connectivity index (χ4n) is 3.66. The normalized spacial score (nSPS) is 10.6. The van der Waals surface area contributed by atoms with Crippen LogP contribution < -0.4 is 25.5 Å². The average Bonchev–Trinajstić information content (AvgIpc) is 3.26. The van der Waals surface area contributed by atoms with Crippen LogP contribution in [0.4, 0.5) is 11.4 Å². The predicted molar refractivity (Wildman–Crippen MR) is 150 cm³/mol. The Bertz CT molecular complexity index is 1450. The van der Waals surface area contributed by atoms with Crippen molar-refractivity contribution in [1.82, 2.24) is 4.68 Å². The Morgan fingerprint density at radius 3 is 2.05 bits per heavy atom. The van der Waals surface area contributed by atoms with E-state index >= 15 is 0 Å². The summed E-state index contributed by atoms with van der Waals surface area (Å²) in [5.41, 5.74) is 4.22. The summed E-state index contributed by atoms with van der Waals surface area (Å²) in [7, 11) is 0. The van der Waals surface area contributed by atoms with Gasteiger partial charge < -0.3 is 20.1 Å². The second kappa shape index (κ2) is 12.3. The van der Waals surface area contributed by atoms with Crippen molar-refractivity contribution in [3.8, 4) is 11.5 Å². The standard InChI is InChI=1S/C28H27BrN4O5/c1-3-15-38-23-12-8-21(9-13-23)31-27(35)28(36)32-33-24-14-5-19(29)16-18(24)17-25(33)26(34)30-20-6-10-22(11-7-20)37-4-2/h5-14,16-17H,3-4,15H2,1-2H3,(H,30,34)(H,31,35)(H,32,36). The number of amides is 3. The van der Waals surface area contributed by atoms with Gasteiger partial charge in [-0.2, -0.15) is 0 Å². The Morgan fingerprint density at radius 1 is 0.789 bits per heavy atom. The Balaban J connectivity index is 1.52. The first-order valence-electron chi connectivity index (χ1n) is 12.1. The third kappa shape index (κ3) is 6.51. The number of nitrogens with one attached hydrogen (secondary N) is 3. The first kappa shape index (κ1) is 26.7. The molecular formula is C28H27BrN4O5. The van der Waals surface area contributed by atoms with Gasteiger partial charge in [-0.05, 0) is 86.1 Å². The molecule has 3 aromatic carbocycles. The van der Waals surface area contributed by atoms with Gasteiger partial charge in [0, 0.05) is 21.2 Å². The Morgan fingerprint density at radius 2 is 1.42 bits per heavy atom. The zero-order chi connectivity index (χ0) is 27.1. The van der Waals surface area contributed by atoms with Crippen LogP contribution in [0.1, 0.15) is 30.8 Å². The molecule has 196 valence electrons. The van der Waals surface area contributed by atoms with Crippen LogP contribution in [-0.2, 0) is 9.59 Å². The van der Waals surface area contributed by atoms with Crippen LogP contribution in [0, 0.1) is 0 Å². The van der Waals surface area contributed by atoms with Crippen LogP contribution in [0.15, 0.2) is 77.3 Å². The lowest BCUT2D eigenvalue weighted by atomic mass is 10.2. The third-order valence-electron chi connectivity index (χ3n) is 5.42. The van der Waals surface area contributed by atoms with Crippen molar-refractivity contribution >= 4 is 55.9 Å². The molecule has 4 rings (SSSR count). The van der Waals surface area contributed by atoms with Crippen molar-refractivity contribution in [2.24, 2.45) is 0 Å². The van der Waals surface area contributed by atoms with E-state index < -0.39 is 17.7 Å². The largest absolute Gasteiger partial charge is 0.494 e. The highest BCUT2D eigenvalue weighted by molar-refractivity contribution is 9.10. The molecule has 0 fully saturated rings. The molecule has 0 radical (unpaired) electrons. The van der Waals surface area contributed by atoms with E-state index in [4.69, 9.17) is 9.47 Å². The number of halogens is 1. The molecule has 0 spiro atoms. The van der Waals surface area contributed by atoms with E-state index in [1.54, 1.807) is 66.7 Å². The summed E-state index contributed by atoms with van der Waals surface area (Å²) in [5, 5.41) is 6.07.